The second kappa shape index (κ2) is 11.0. The molecular formula is C30H22ClFN2O5. The number of halogens is 2. The van der Waals surface area contributed by atoms with Crippen LogP contribution in [0.4, 0.5) is 14.9 Å². The van der Waals surface area contributed by atoms with Crippen molar-refractivity contribution in [2.45, 2.75) is 13.5 Å². The van der Waals surface area contributed by atoms with Crippen LogP contribution >= 0.6 is 11.6 Å². The maximum absolute atomic E-state index is 13.4. The Morgan fingerprint density at radius 3 is 2.46 bits per heavy atom. The Morgan fingerprint density at radius 1 is 0.949 bits per heavy atom. The fraction of sp³-hybridized carbons (Fsp3) is 0.100. The van der Waals surface area contributed by atoms with Crippen molar-refractivity contribution < 1.29 is 28.2 Å². The number of barbiturate groups is 1. The summed E-state index contributed by atoms with van der Waals surface area (Å²) in [6.45, 7) is 2.35. The molecule has 0 spiro atoms. The number of hydrogen-bond acceptors (Lipinski definition) is 5. The zero-order valence-electron chi connectivity index (χ0n) is 20.7. The van der Waals surface area contributed by atoms with Crippen LogP contribution in [0, 0.1) is 5.82 Å². The predicted molar refractivity (Wildman–Crippen MR) is 146 cm³/mol. The summed E-state index contributed by atoms with van der Waals surface area (Å²) in [5.74, 6) is -1.62. The van der Waals surface area contributed by atoms with Crippen molar-refractivity contribution in [1.82, 2.24) is 5.32 Å². The van der Waals surface area contributed by atoms with Gasteiger partial charge < -0.3 is 9.47 Å². The molecule has 39 heavy (non-hydrogen) atoms. The SMILES string of the molecule is CCOc1cc(/C=C2\C(=O)NC(=O)N(c3ccc(F)cc3)C2=O)cc(Cl)c1OCc1cccc2ccccc12. The highest BCUT2D eigenvalue weighted by molar-refractivity contribution is 6.39. The van der Waals surface area contributed by atoms with E-state index in [0.29, 0.717) is 23.7 Å². The number of nitrogens with zero attached hydrogens (tertiary/aromatic N) is 1. The third-order valence-corrected chi connectivity index (χ3v) is 6.36. The van der Waals surface area contributed by atoms with E-state index in [0.717, 1.165) is 33.4 Å². The molecule has 1 saturated heterocycles. The Bertz CT molecular complexity index is 1630. The number of fused-ring (bicyclic) bond motifs is 1. The second-order valence-electron chi connectivity index (χ2n) is 8.62. The van der Waals surface area contributed by atoms with Crippen molar-refractivity contribution in [3.8, 4) is 11.5 Å². The Morgan fingerprint density at radius 2 is 1.69 bits per heavy atom. The highest BCUT2D eigenvalue weighted by Crippen LogP contribution is 2.38. The fourth-order valence-electron chi connectivity index (χ4n) is 4.29. The molecule has 4 aromatic rings. The monoisotopic (exact) mass is 544 g/mol. The van der Waals surface area contributed by atoms with Crippen LogP contribution in [0.25, 0.3) is 16.8 Å². The van der Waals surface area contributed by atoms with E-state index in [4.69, 9.17) is 21.1 Å². The van der Waals surface area contributed by atoms with E-state index in [-0.39, 0.29) is 22.9 Å². The summed E-state index contributed by atoms with van der Waals surface area (Å²) in [4.78, 5) is 38.9. The smallest absolute Gasteiger partial charge is 0.335 e. The van der Waals surface area contributed by atoms with Gasteiger partial charge in [-0.15, -0.1) is 0 Å². The molecule has 0 bridgehead atoms. The van der Waals surface area contributed by atoms with Gasteiger partial charge in [-0.3, -0.25) is 14.9 Å². The van der Waals surface area contributed by atoms with Crippen LogP contribution in [0.15, 0.2) is 84.4 Å². The van der Waals surface area contributed by atoms with Gasteiger partial charge >= 0.3 is 6.03 Å². The number of amides is 4. The summed E-state index contributed by atoms with van der Waals surface area (Å²) < 4.78 is 25.2. The first-order valence-corrected chi connectivity index (χ1v) is 12.5. The number of anilines is 1. The van der Waals surface area contributed by atoms with Crippen molar-refractivity contribution in [3.63, 3.8) is 0 Å². The summed E-state index contributed by atoms with van der Waals surface area (Å²) in [6.07, 6.45) is 1.31. The maximum Gasteiger partial charge on any atom is 0.335 e. The number of imide groups is 2. The second-order valence-corrected chi connectivity index (χ2v) is 9.03. The number of carbonyl (C=O) groups excluding carboxylic acids is 3. The van der Waals surface area contributed by atoms with Crippen molar-refractivity contribution >= 4 is 52.0 Å². The van der Waals surface area contributed by atoms with Crippen molar-refractivity contribution in [1.29, 1.82) is 0 Å². The average Bonchev–Trinajstić information content (AvgIpc) is 2.92. The molecule has 0 aromatic heterocycles. The fourth-order valence-corrected chi connectivity index (χ4v) is 4.57. The molecule has 0 unspecified atom stereocenters. The zero-order chi connectivity index (χ0) is 27.5. The van der Waals surface area contributed by atoms with E-state index in [2.05, 4.69) is 5.32 Å². The number of nitrogens with one attached hydrogen (secondary N) is 1. The third kappa shape index (κ3) is 5.32. The summed E-state index contributed by atoms with van der Waals surface area (Å²) in [5.41, 5.74) is 1.16. The highest BCUT2D eigenvalue weighted by Gasteiger charge is 2.37. The summed E-state index contributed by atoms with van der Waals surface area (Å²) in [6, 6.07) is 20.9. The Balaban J connectivity index is 1.46. The Kier molecular flexibility index (Phi) is 7.29. The van der Waals surface area contributed by atoms with Crippen LogP contribution < -0.4 is 19.7 Å². The van der Waals surface area contributed by atoms with E-state index in [1.807, 2.05) is 42.5 Å². The van der Waals surface area contributed by atoms with Gasteiger partial charge in [-0.2, -0.15) is 0 Å². The van der Waals surface area contributed by atoms with Gasteiger partial charge in [-0.05, 0) is 71.3 Å². The predicted octanol–water partition coefficient (Wildman–Crippen LogP) is 6.28. The largest absolute Gasteiger partial charge is 0.490 e. The number of carbonyl (C=O) groups is 3. The Labute approximate surface area is 228 Å². The van der Waals surface area contributed by atoms with Crippen LogP contribution in [0.5, 0.6) is 11.5 Å². The van der Waals surface area contributed by atoms with Gasteiger partial charge in [0.25, 0.3) is 11.8 Å². The van der Waals surface area contributed by atoms with Crippen LogP contribution in [0.1, 0.15) is 18.1 Å². The molecule has 4 amide bonds. The van der Waals surface area contributed by atoms with Crippen LogP contribution in [-0.2, 0) is 16.2 Å². The first-order chi connectivity index (χ1) is 18.9. The molecule has 0 atom stereocenters. The molecule has 5 rings (SSSR count). The molecule has 4 aromatic carbocycles. The summed E-state index contributed by atoms with van der Waals surface area (Å²) >= 11 is 6.59. The number of benzene rings is 4. The lowest BCUT2D eigenvalue weighted by atomic mass is 10.1. The van der Waals surface area contributed by atoms with E-state index >= 15 is 0 Å². The van der Waals surface area contributed by atoms with Gasteiger partial charge in [0.2, 0.25) is 0 Å². The van der Waals surface area contributed by atoms with E-state index in [9.17, 15) is 18.8 Å². The van der Waals surface area contributed by atoms with Gasteiger partial charge in [0.05, 0.1) is 17.3 Å². The van der Waals surface area contributed by atoms with Crippen molar-refractivity contribution in [3.05, 3.63) is 106 Å². The zero-order valence-corrected chi connectivity index (χ0v) is 21.5. The minimum atomic E-state index is -0.932. The lowest BCUT2D eigenvalue weighted by Crippen LogP contribution is -2.54. The molecule has 1 fully saturated rings. The first-order valence-electron chi connectivity index (χ1n) is 12.1. The molecule has 1 aliphatic heterocycles. The molecule has 1 N–H and O–H groups in total. The summed E-state index contributed by atoms with van der Waals surface area (Å²) in [7, 11) is 0. The topological polar surface area (TPSA) is 84.9 Å². The first kappa shape index (κ1) is 25.9. The van der Waals surface area contributed by atoms with E-state index in [1.165, 1.54) is 24.3 Å². The lowest BCUT2D eigenvalue weighted by molar-refractivity contribution is -0.122. The molecule has 9 heteroatoms. The van der Waals surface area contributed by atoms with Gasteiger partial charge in [0.15, 0.2) is 11.5 Å². The summed E-state index contributed by atoms with van der Waals surface area (Å²) in [5, 5.41) is 4.49. The quantitative estimate of drug-likeness (QED) is 0.219. The third-order valence-electron chi connectivity index (χ3n) is 6.08. The molecule has 1 aliphatic rings. The molecule has 1 heterocycles. The molecular weight excluding hydrogens is 523 g/mol. The Hall–Kier alpha value is -4.69. The standard InChI is InChI=1S/C30H22ClFN2O5/c1-2-38-26-16-18(14-24-28(35)33-30(37)34(29(24)36)22-12-10-21(32)11-13-22)15-25(31)27(26)39-17-20-8-5-7-19-6-3-4-9-23(19)20/h3-16H,2,17H2,1H3,(H,33,35,37)/b24-14+. The number of rotatable bonds is 7. The van der Waals surface area contributed by atoms with Gasteiger partial charge in [0.1, 0.15) is 18.0 Å². The van der Waals surface area contributed by atoms with Crippen LogP contribution in [0.3, 0.4) is 0 Å². The van der Waals surface area contributed by atoms with E-state index in [1.54, 1.807) is 13.0 Å². The lowest BCUT2D eigenvalue weighted by Gasteiger charge is -2.26. The highest BCUT2D eigenvalue weighted by atomic mass is 35.5. The molecule has 7 nitrogen and oxygen atoms in total. The average molecular weight is 545 g/mol. The number of urea groups is 1. The number of hydrogen-bond donors (Lipinski definition) is 1. The molecule has 0 radical (unpaired) electrons. The van der Waals surface area contributed by atoms with Gasteiger partial charge in [-0.1, -0.05) is 54.1 Å². The van der Waals surface area contributed by atoms with E-state index < -0.39 is 23.7 Å². The normalized spacial score (nSPS) is 14.6. The van der Waals surface area contributed by atoms with Crippen LogP contribution in [-0.4, -0.2) is 24.5 Å². The molecule has 196 valence electrons. The number of ether oxygens (including phenoxy) is 2. The molecule has 0 aliphatic carbocycles. The maximum atomic E-state index is 13.4. The van der Waals surface area contributed by atoms with Crippen molar-refractivity contribution in [2.24, 2.45) is 0 Å². The molecule has 0 saturated carbocycles. The van der Waals surface area contributed by atoms with Crippen LogP contribution in [0.2, 0.25) is 5.02 Å². The van der Waals surface area contributed by atoms with Gasteiger partial charge in [0, 0.05) is 0 Å². The van der Waals surface area contributed by atoms with Gasteiger partial charge in [-0.25, -0.2) is 14.1 Å². The minimum absolute atomic E-state index is 0.113. The van der Waals surface area contributed by atoms with Crippen molar-refractivity contribution in [2.75, 3.05) is 11.5 Å². The minimum Gasteiger partial charge on any atom is -0.490 e.